The van der Waals surface area contributed by atoms with E-state index in [9.17, 15) is 9.59 Å². The Labute approximate surface area is 106 Å². The third-order valence-electron chi connectivity index (χ3n) is 3.25. The van der Waals surface area contributed by atoms with E-state index in [1.165, 1.54) is 20.0 Å². The van der Waals surface area contributed by atoms with Crippen molar-refractivity contribution < 1.29 is 19.1 Å². The fourth-order valence-corrected chi connectivity index (χ4v) is 2.32. The van der Waals surface area contributed by atoms with Crippen LogP contribution in [0.1, 0.15) is 42.2 Å². The van der Waals surface area contributed by atoms with Crippen LogP contribution in [0.4, 0.5) is 0 Å². The number of hydrogen-bond acceptors (Lipinski definition) is 4. The van der Waals surface area contributed by atoms with Gasteiger partial charge in [0.2, 0.25) is 0 Å². The number of carbonyl (C=O) groups excluding carboxylic acids is 2. The Bertz CT molecular complexity index is 432. The lowest BCUT2D eigenvalue weighted by Crippen LogP contribution is -2.19. The second kappa shape index (κ2) is 5.71. The standard InChI is InChI=1S/C13H17NO4/c1-17-12(15)9-18-13(16)11-7-4-8-14(11)10-5-2-3-6-10/h4,7-8,10H,2-3,5-6,9H2,1H3. The maximum atomic E-state index is 11.9. The molecule has 18 heavy (non-hydrogen) atoms. The number of hydrogen-bond donors (Lipinski definition) is 0. The molecule has 0 N–H and O–H groups in total. The van der Waals surface area contributed by atoms with Gasteiger partial charge in [0, 0.05) is 12.2 Å². The quantitative estimate of drug-likeness (QED) is 0.767. The number of nitrogens with zero attached hydrogens (tertiary/aromatic N) is 1. The Hall–Kier alpha value is -1.78. The Morgan fingerprint density at radius 3 is 2.78 bits per heavy atom. The molecule has 1 aromatic heterocycles. The van der Waals surface area contributed by atoms with Crippen LogP contribution in [0.3, 0.4) is 0 Å². The summed E-state index contributed by atoms with van der Waals surface area (Å²) in [6.45, 7) is -0.342. The zero-order chi connectivity index (χ0) is 13.0. The molecule has 1 aliphatic rings. The minimum atomic E-state index is -0.553. The molecular weight excluding hydrogens is 234 g/mol. The summed E-state index contributed by atoms with van der Waals surface area (Å²) in [6, 6.07) is 3.92. The highest BCUT2D eigenvalue weighted by atomic mass is 16.6. The summed E-state index contributed by atoms with van der Waals surface area (Å²) >= 11 is 0. The van der Waals surface area contributed by atoms with Crippen molar-refractivity contribution in [2.24, 2.45) is 0 Å². The van der Waals surface area contributed by atoms with E-state index in [1.807, 2.05) is 16.8 Å². The van der Waals surface area contributed by atoms with Gasteiger partial charge in [0.1, 0.15) is 5.69 Å². The first-order valence-electron chi connectivity index (χ1n) is 6.13. The molecule has 5 heteroatoms. The number of methoxy groups -OCH3 is 1. The molecule has 1 saturated carbocycles. The Morgan fingerprint density at radius 1 is 1.39 bits per heavy atom. The summed E-state index contributed by atoms with van der Waals surface area (Å²) in [4.78, 5) is 22.8. The molecule has 2 rings (SSSR count). The zero-order valence-corrected chi connectivity index (χ0v) is 10.4. The van der Waals surface area contributed by atoms with Crippen molar-refractivity contribution in [1.82, 2.24) is 4.57 Å². The van der Waals surface area contributed by atoms with Crippen molar-refractivity contribution in [2.75, 3.05) is 13.7 Å². The number of rotatable bonds is 4. The van der Waals surface area contributed by atoms with Crippen LogP contribution in [0.25, 0.3) is 0 Å². The van der Waals surface area contributed by atoms with Gasteiger partial charge in [0.15, 0.2) is 6.61 Å². The van der Waals surface area contributed by atoms with Gasteiger partial charge < -0.3 is 14.0 Å². The van der Waals surface area contributed by atoms with Gasteiger partial charge in [-0.3, -0.25) is 0 Å². The normalized spacial score (nSPS) is 15.6. The molecule has 1 aromatic rings. The number of ether oxygens (including phenoxy) is 2. The molecule has 98 valence electrons. The molecule has 0 bridgehead atoms. The monoisotopic (exact) mass is 251 g/mol. The molecule has 1 aliphatic carbocycles. The summed E-state index contributed by atoms with van der Waals surface area (Å²) < 4.78 is 11.3. The van der Waals surface area contributed by atoms with E-state index in [-0.39, 0.29) is 6.61 Å². The van der Waals surface area contributed by atoms with Crippen LogP contribution in [0.15, 0.2) is 18.3 Å². The van der Waals surface area contributed by atoms with E-state index in [2.05, 4.69) is 4.74 Å². The second-order valence-corrected chi connectivity index (χ2v) is 4.39. The van der Waals surface area contributed by atoms with E-state index in [4.69, 9.17) is 4.74 Å². The van der Waals surface area contributed by atoms with Crippen molar-refractivity contribution in [3.05, 3.63) is 24.0 Å². The van der Waals surface area contributed by atoms with Gasteiger partial charge in [-0.25, -0.2) is 9.59 Å². The molecule has 0 saturated heterocycles. The van der Waals surface area contributed by atoms with E-state index in [1.54, 1.807) is 6.07 Å². The molecule has 0 aliphatic heterocycles. The fourth-order valence-electron chi connectivity index (χ4n) is 2.32. The predicted molar refractivity (Wildman–Crippen MR) is 64.2 cm³/mol. The largest absolute Gasteiger partial charge is 0.466 e. The number of esters is 2. The highest BCUT2D eigenvalue weighted by Crippen LogP contribution is 2.30. The van der Waals surface area contributed by atoms with Crippen molar-refractivity contribution in [3.63, 3.8) is 0 Å². The van der Waals surface area contributed by atoms with Crippen molar-refractivity contribution in [3.8, 4) is 0 Å². The first-order valence-corrected chi connectivity index (χ1v) is 6.13. The van der Waals surface area contributed by atoms with Crippen molar-refractivity contribution >= 4 is 11.9 Å². The summed E-state index contributed by atoms with van der Waals surface area (Å²) in [6.07, 6.45) is 6.46. The van der Waals surface area contributed by atoms with Crippen LogP contribution < -0.4 is 0 Å². The molecule has 0 spiro atoms. The predicted octanol–water partition coefficient (Wildman–Crippen LogP) is 1.93. The van der Waals surface area contributed by atoms with Gasteiger partial charge in [-0.2, -0.15) is 0 Å². The van der Waals surface area contributed by atoms with Gasteiger partial charge in [0.25, 0.3) is 0 Å². The fraction of sp³-hybridized carbons (Fsp3) is 0.538. The van der Waals surface area contributed by atoms with Gasteiger partial charge in [-0.05, 0) is 25.0 Å². The minimum absolute atomic E-state index is 0.342. The lowest BCUT2D eigenvalue weighted by atomic mass is 10.2. The highest BCUT2D eigenvalue weighted by molar-refractivity contribution is 5.89. The number of carbonyl (C=O) groups is 2. The summed E-state index contributed by atoms with van der Waals surface area (Å²) in [5.74, 6) is -1.03. The average molecular weight is 251 g/mol. The van der Waals surface area contributed by atoms with Gasteiger partial charge >= 0.3 is 11.9 Å². The summed E-state index contributed by atoms with van der Waals surface area (Å²) in [5, 5.41) is 0. The van der Waals surface area contributed by atoms with Crippen LogP contribution in [-0.4, -0.2) is 30.2 Å². The lowest BCUT2D eigenvalue weighted by Gasteiger charge is -2.15. The van der Waals surface area contributed by atoms with Gasteiger partial charge in [0.05, 0.1) is 7.11 Å². The van der Waals surface area contributed by atoms with E-state index in [0.717, 1.165) is 12.8 Å². The van der Waals surface area contributed by atoms with E-state index in [0.29, 0.717) is 11.7 Å². The number of aromatic nitrogens is 1. The lowest BCUT2D eigenvalue weighted by molar-refractivity contribution is -0.144. The molecule has 0 radical (unpaired) electrons. The highest BCUT2D eigenvalue weighted by Gasteiger charge is 2.22. The SMILES string of the molecule is COC(=O)COC(=O)c1cccn1C1CCCC1. The van der Waals surface area contributed by atoms with Gasteiger partial charge in [-0.15, -0.1) is 0 Å². The van der Waals surface area contributed by atoms with Crippen molar-refractivity contribution in [2.45, 2.75) is 31.7 Å². The zero-order valence-electron chi connectivity index (χ0n) is 10.4. The molecule has 0 amide bonds. The molecule has 0 aromatic carbocycles. The Balaban J connectivity index is 2.01. The molecule has 1 heterocycles. The van der Waals surface area contributed by atoms with Gasteiger partial charge in [-0.1, -0.05) is 12.8 Å². The topological polar surface area (TPSA) is 57.5 Å². The minimum Gasteiger partial charge on any atom is -0.466 e. The van der Waals surface area contributed by atoms with E-state index < -0.39 is 11.9 Å². The average Bonchev–Trinajstić information content (AvgIpc) is 3.04. The third kappa shape index (κ3) is 2.72. The first-order chi connectivity index (χ1) is 8.72. The van der Waals surface area contributed by atoms with Crippen LogP contribution >= 0.6 is 0 Å². The van der Waals surface area contributed by atoms with Crippen LogP contribution in [-0.2, 0) is 14.3 Å². The molecular formula is C13H17NO4. The molecule has 0 atom stereocenters. The summed E-state index contributed by atoms with van der Waals surface area (Å²) in [7, 11) is 1.26. The Morgan fingerprint density at radius 2 is 2.11 bits per heavy atom. The molecule has 0 unspecified atom stereocenters. The smallest absolute Gasteiger partial charge is 0.355 e. The third-order valence-corrected chi connectivity index (χ3v) is 3.25. The van der Waals surface area contributed by atoms with E-state index >= 15 is 0 Å². The van der Waals surface area contributed by atoms with Crippen LogP contribution in [0.5, 0.6) is 0 Å². The van der Waals surface area contributed by atoms with Crippen molar-refractivity contribution in [1.29, 1.82) is 0 Å². The first kappa shape index (κ1) is 12.7. The molecule has 1 fully saturated rings. The summed E-state index contributed by atoms with van der Waals surface area (Å²) in [5.41, 5.74) is 0.505. The van der Waals surface area contributed by atoms with Crippen LogP contribution in [0, 0.1) is 0 Å². The second-order valence-electron chi connectivity index (χ2n) is 4.39. The Kier molecular flexibility index (Phi) is 4.02. The maximum Gasteiger partial charge on any atom is 0.355 e. The molecule has 5 nitrogen and oxygen atoms in total. The van der Waals surface area contributed by atoms with Crippen LogP contribution in [0.2, 0.25) is 0 Å². The maximum absolute atomic E-state index is 11.9.